The fraction of sp³-hybridized carbons (Fsp3) is 0.400. The maximum absolute atomic E-state index is 5.87. The first-order valence-corrected chi connectivity index (χ1v) is 4.39. The lowest BCUT2D eigenvalue weighted by Gasteiger charge is -2.15. The van der Waals surface area contributed by atoms with Gasteiger partial charge in [-0.2, -0.15) is 0 Å². The van der Waals surface area contributed by atoms with Gasteiger partial charge in [0.1, 0.15) is 12.4 Å². The summed E-state index contributed by atoms with van der Waals surface area (Å²) in [6, 6.07) is 6.12. The van der Waals surface area contributed by atoms with E-state index in [-0.39, 0.29) is 6.04 Å². The van der Waals surface area contributed by atoms with Crippen molar-refractivity contribution in [3.63, 3.8) is 0 Å². The van der Waals surface area contributed by atoms with Crippen LogP contribution in [0.4, 0.5) is 5.69 Å². The van der Waals surface area contributed by atoms with Gasteiger partial charge < -0.3 is 15.4 Å². The Balaban J connectivity index is 2.51. The van der Waals surface area contributed by atoms with Crippen molar-refractivity contribution in [3.05, 3.63) is 23.8 Å². The third-order valence-corrected chi connectivity index (χ3v) is 2.31. The molecule has 1 aliphatic heterocycles. The predicted molar refractivity (Wildman–Crippen MR) is 53.2 cm³/mol. The fourth-order valence-corrected chi connectivity index (χ4v) is 1.61. The second kappa shape index (κ2) is 2.92. The van der Waals surface area contributed by atoms with E-state index in [1.54, 1.807) is 0 Å². The summed E-state index contributed by atoms with van der Waals surface area (Å²) in [5, 5.41) is 0. The maximum atomic E-state index is 5.87. The number of anilines is 1. The first-order valence-electron chi connectivity index (χ1n) is 4.39. The summed E-state index contributed by atoms with van der Waals surface area (Å²) in [6.07, 6.45) is 0. The molecule has 0 bridgehead atoms. The number of hydrogen-bond acceptors (Lipinski definition) is 3. The van der Waals surface area contributed by atoms with Crippen LogP contribution in [0.2, 0.25) is 0 Å². The monoisotopic (exact) mass is 178 g/mol. The Kier molecular flexibility index (Phi) is 1.88. The molecule has 13 heavy (non-hydrogen) atoms. The molecule has 1 aromatic rings. The summed E-state index contributed by atoms with van der Waals surface area (Å²) in [6.45, 7) is 0.597. The highest BCUT2D eigenvalue weighted by Crippen LogP contribution is 2.38. The molecular weight excluding hydrogens is 164 g/mol. The van der Waals surface area contributed by atoms with Crippen molar-refractivity contribution in [2.75, 3.05) is 25.6 Å². The standard InChI is InChI=1S/C10H14N2O/c1-12(2)9-5-3-4-7-8(11)6-13-10(7)9/h3-5,8H,6,11H2,1-2H3/t8-/m0/s1. The Labute approximate surface area is 78.1 Å². The van der Waals surface area contributed by atoms with Gasteiger partial charge >= 0.3 is 0 Å². The quantitative estimate of drug-likeness (QED) is 0.701. The predicted octanol–water partition coefficient (Wildman–Crippen LogP) is 1.14. The summed E-state index contributed by atoms with van der Waals surface area (Å²) in [5.41, 5.74) is 8.09. The zero-order chi connectivity index (χ0) is 9.42. The van der Waals surface area contributed by atoms with E-state index in [2.05, 4.69) is 0 Å². The van der Waals surface area contributed by atoms with Gasteiger partial charge in [0.2, 0.25) is 0 Å². The smallest absolute Gasteiger partial charge is 0.147 e. The fourth-order valence-electron chi connectivity index (χ4n) is 1.61. The number of ether oxygens (including phenoxy) is 1. The molecule has 1 aromatic carbocycles. The third-order valence-electron chi connectivity index (χ3n) is 2.31. The van der Waals surface area contributed by atoms with Gasteiger partial charge in [0, 0.05) is 19.7 Å². The number of hydrogen-bond donors (Lipinski definition) is 1. The van der Waals surface area contributed by atoms with E-state index in [9.17, 15) is 0 Å². The zero-order valence-electron chi connectivity index (χ0n) is 7.95. The summed E-state index contributed by atoms with van der Waals surface area (Å²) < 4.78 is 5.54. The Hall–Kier alpha value is -1.22. The molecule has 0 unspecified atom stereocenters. The van der Waals surface area contributed by atoms with Gasteiger partial charge in [-0.3, -0.25) is 0 Å². The Morgan fingerprint density at radius 1 is 1.46 bits per heavy atom. The van der Waals surface area contributed by atoms with Gasteiger partial charge in [0.05, 0.1) is 11.7 Å². The van der Waals surface area contributed by atoms with Crippen molar-refractivity contribution in [2.24, 2.45) is 5.73 Å². The van der Waals surface area contributed by atoms with Crippen molar-refractivity contribution in [1.82, 2.24) is 0 Å². The molecule has 3 nitrogen and oxygen atoms in total. The highest BCUT2D eigenvalue weighted by Gasteiger charge is 2.23. The normalized spacial score (nSPS) is 19.5. The van der Waals surface area contributed by atoms with Crippen LogP contribution in [-0.4, -0.2) is 20.7 Å². The molecule has 0 saturated heterocycles. The Bertz CT molecular complexity index is 323. The van der Waals surface area contributed by atoms with Gasteiger partial charge in [0.15, 0.2) is 0 Å². The number of nitrogens with zero attached hydrogens (tertiary/aromatic N) is 1. The van der Waals surface area contributed by atoms with E-state index in [0.717, 1.165) is 17.0 Å². The molecule has 0 aliphatic carbocycles. The molecule has 1 atom stereocenters. The van der Waals surface area contributed by atoms with Crippen molar-refractivity contribution < 1.29 is 4.74 Å². The van der Waals surface area contributed by atoms with Crippen molar-refractivity contribution in [3.8, 4) is 5.75 Å². The van der Waals surface area contributed by atoms with Gasteiger partial charge in [-0.1, -0.05) is 12.1 Å². The topological polar surface area (TPSA) is 38.5 Å². The van der Waals surface area contributed by atoms with Gasteiger partial charge in [-0.05, 0) is 6.07 Å². The summed E-state index contributed by atoms with van der Waals surface area (Å²) >= 11 is 0. The molecule has 2 rings (SSSR count). The molecule has 0 radical (unpaired) electrons. The van der Waals surface area contributed by atoms with Gasteiger partial charge in [-0.25, -0.2) is 0 Å². The molecule has 70 valence electrons. The first-order chi connectivity index (χ1) is 6.20. The Morgan fingerprint density at radius 3 is 2.92 bits per heavy atom. The summed E-state index contributed by atoms with van der Waals surface area (Å²) in [4.78, 5) is 2.04. The SMILES string of the molecule is CN(C)c1cccc2c1OC[C@@H]2N. The zero-order valence-corrected chi connectivity index (χ0v) is 7.95. The van der Waals surface area contributed by atoms with Crippen LogP contribution in [0.15, 0.2) is 18.2 Å². The summed E-state index contributed by atoms with van der Waals surface area (Å²) in [5.74, 6) is 0.944. The van der Waals surface area contributed by atoms with Crippen LogP contribution < -0.4 is 15.4 Å². The molecular formula is C10H14N2O. The van der Waals surface area contributed by atoms with E-state index in [1.165, 1.54) is 0 Å². The molecule has 0 amide bonds. The molecule has 1 aliphatic rings. The number of benzene rings is 1. The number of nitrogens with two attached hydrogens (primary N) is 1. The lowest BCUT2D eigenvalue weighted by atomic mass is 10.1. The second-order valence-corrected chi connectivity index (χ2v) is 3.51. The second-order valence-electron chi connectivity index (χ2n) is 3.51. The minimum Gasteiger partial charge on any atom is -0.489 e. The molecule has 0 spiro atoms. The van der Waals surface area contributed by atoms with Crippen LogP contribution in [0.25, 0.3) is 0 Å². The largest absolute Gasteiger partial charge is 0.489 e. The van der Waals surface area contributed by atoms with Crippen LogP contribution in [-0.2, 0) is 0 Å². The van der Waals surface area contributed by atoms with E-state index in [4.69, 9.17) is 10.5 Å². The lowest BCUT2D eigenvalue weighted by Crippen LogP contribution is -2.10. The molecule has 0 aromatic heterocycles. The van der Waals surface area contributed by atoms with Crippen LogP contribution in [0.3, 0.4) is 0 Å². The van der Waals surface area contributed by atoms with E-state index >= 15 is 0 Å². The molecule has 0 saturated carbocycles. The van der Waals surface area contributed by atoms with Crippen molar-refractivity contribution in [1.29, 1.82) is 0 Å². The number of fused-ring (bicyclic) bond motifs is 1. The lowest BCUT2D eigenvalue weighted by molar-refractivity contribution is 0.334. The van der Waals surface area contributed by atoms with Crippen molar-refractivity contribution in [2.45, 2.75) is 6.04 Å². The third kappa shape index (κ3) is 1.25. The molecule has 3 heteroatoms. The van der Waals surface area contributed by atoms with E-state index in [0.29, 0.717) is 6.61 Å². The minimum atomic E-state index is 0.0369. The van der Waals surface area contributed by atoms with Crippen molar-refractivity contribution >= 4 is 5.69 Å². The van der Waals surface area contributed by atoms with Gasteiger partial charge in [0.25, 0.3) is 0 Å². The highest BCUT2D eigenvalue weighted by atomic mass is 16.5. The average Bonchev–Trinajstić information content (AvgIpc) is 2.48. The number of para-hydroxylation sites is 1. The van der Waals surface area contributed by atoms with Crippen LogP contribution >= 0.6 is 0 Å². The molecule has 1 heterocycles. The van der Waals surface area contributed by atoms with Gasteiger partial charge in [-0.15, -0.1) is 0 Å². The van der Waals surface area contributed by atoms with Crippen LogP contribution in [0.1, 0.15) is 11.6 Å². The highest BCUT2D eigenvalue weighted by molar-refractivity contribution is 5.63. The van der Waals surface area contributed by atoms with Crippen LogP contribution in [0.5, 0.6) is 5.75 Å². The summed E-state index contributed by atoms with van der Waals surface area (Å²) in [7, 11) is 4.01. The Morgan fingerprint density at radius 2 is 2.23 bits per heavy atom. The molecule has 0 fully saturated rings. The first kappa shape index (κ1) is 8.38. The van der Waals surface area contributed by atoms with Crippen LogP contribution in [0, 0.1) is 0 Å². The maximum Gasteiger partial charge on any atom is 0.147 e. The minimum absolute atomic E-state index is 0.0369. The number of rotatable bonds is 1. The van der Waals surface area contributed by atoms with E-state index < -0.39 is 0 Å². The molecule has 2 N–H and O–H groups in total. The van der Waals surface area contributed by atoms with E-state index in [1.807, 2.05) is 37.2 Å². The average molecular weight is 178 g/mol.